The van der Waals surface area contributed by atoms with Crippen LogP contribution in [0.5, 0.6) is 0 Å². The third-order valence-corrected chi connectivity index (χ3v) is 10.8. The van der Waals surface area contributed by atoms with E-state index in [4.69, 9.17) is 29.9 Å². The van der Waals surface area contributed by atoms with Crippen LogP contribution in [0.15, 0.2) is 165 Å². The lowest BCUT2D eigenvalue weighted by Gasteiger charge is -2.40. The molecule has 11 heteroatoms. The number of pyridine rings is 4. The number of anilines is 6. The molecule has 0 amide bonds. The second-order valence-electron chi connectivity index (χ2n) is 13.7. The summed E-state index contributed by atoms with van der Waals surface area (Å²) >= 11 is 0. The molecule has 2 aliphatic heterocycles. The third-order valence-electron chi connectivity index (χ3n) is 10.8. The fourth-order valence-electron chi connectivity index (χ4n) is 8.75. The van der Waals surface area contributed by atoms with Gasteiger partial charge in [0.1, 0.15) is 34.4 Å². The first kappa shape index (κ1) is 29.9. The topological polar surface area (TPSA) is 93.7 Å². The van der Waals surface area contributed by atoms with E-state index in [0.29, 0.717) is 0 Å². The first-order chi connectivity index (χ1) is 27.3. The maximum atomic E-state index is 5.12. The zero-order valence-electron chi connectivity index (χ0n) is 29.1. The minimum Gasteiger partial charge on any atom is -0.296 e. The highest BCUT2D eigenvalue weighted by Gasteiger charge is 2.44. The first-order valence-corrected chi connectivity index (χ1v) is 18.2. The number of aromatic nitrogens is 8. The average molecular weight is 707 g/mol. The molecule has 0 fully saturated rings. The third kappa shape index (κ3) is 4.14. The van der Waals surface area contributed by atoms with E-state index >= 15 is 0 Å². The molecule has 55 heavy (non-hydrogen) atoms. The predicted molar refractivity (Wildman–Crippen MR) is 218 cm³/mol. The lowest BCUT2D eigenvalue weighted by atomic mass is 9.34. The fourth-order valence-corrected chi connectivity index (χ4v) is 8.75. The number of benzene rings is 3. The SMILES string of the molecule is c1ccc(N2c3cc(N(c4ccccn4)c4ccccn4)cc4c3B(c3cccnc32)c2cccc3c5c6nccnc6n(-c6ccccn6)c5n-4c23)cc1. The van der Waals surface area contributed by atoms with Crippen molar-refractivity contribution in [3.05, 3.63) is 165 Å². The number of para-hydroxylation sites is 2. The van der Waals surface area contributed by atoms with Gasteiger partial charge in [0, 0.05) is 59.6 Å². The number of fused-ring (bicyclic) bond motifs is 9. The van der Waals surface area contributed by atoms with Gasteiger partial charge in [-0.05, 0) is 83.1 Å². The van der Waals surface area contributed by atoms with Crippen molar-refractivity contribution in [3.63, 3.8) is 0 Å². The van der Waals surface area contributed by atoms with E-state index in [1.807, 2.05) is 91.5 Å². The Morgan fingerprint density at radius 3 is 2.00 bits per heavy atom. The van der Waals surface area contributed by atoms with E-state index in [-0.39, 0.29) is 6.71 Å². The molecule has 10 aromatic rings. The molecule has 10 nitrogen and oxygen atoms in total. The van der Waals surface area contributed by atoms with Crippen molar-refractivity contribution in [1.82, 2.24) is 39.0 Å². The maximum absolute atomic E-state index is 5.12. The molecule has 7 aromatic heterocycles. The summed E-state index contributed by atoms with van der Waals surface area (Å²) in [5.41, 5.74) is 11.1. The Morgan fingerprint density at radius 1 is 0.527 bits per heavy atom. The molecule has 0 saturated heterocycles. The lowest BCUT2D eigenvalue weighted by Crippen LogP contribution is -2.60. The van der Waals surface area contributed by atoms with Crippen LogP contribution >= 0.6 is 0 Å². The van der Waals surface area contributed by atoms with Crippen LogP contribution in [-0.4, -0.2) is 45.8 Å². The van der Waals surface area contributed by atoms with Gasteiger partial charge in [-0.1, -0.05) is 60.7 Å². The Balaban J connectivity index is 1.29. The van der Waals surface area contributed by atoms with Gasteiger partial charge < -0.3 is 0 Å². The van der Waals surface area contributed by atoms with Crippen molar-refractivity contribution in [2.75, 3.05) is 9.80 Å². The highest BCUT2D eigenvalue weighted by atomic mass is 15.3. The van der Waals surface area contributed by atoms with Gasteiger partial charge >= 0.3 is 0 Å². The summed E-state index contributed by atoms with van der Waals surface area (Å²) in [6.45, 7) is -0.100. The highest BCUT2D eigenvalue weighted by molar-refractivity contribution is 7.00. The van der Waals surface area contributed by atoms with Gasteiger partial charge in [-0.15, -0.1) is 0 Å². The molecule has 2 aliphatic rings. The number of nitrogens with zero attached hydrogens (tertiary/aromatic N) is 10. The maximum Gasteiger partial charge on any atom is 0.254 e. The van der Waals surface area contributed by atoms with Crippen LogP contribution in [0, 0.1) is 0 Å². The van der Waals surface area contributed by atoms with Crippen molar-refractivity contribution in [3.8, 4) is 11.5 Å². The fraction of sp³-hybridized carbons (Fsp3) is 0. The summed E-state index contributed by atoms with van der Waals surface area (Å²) in [5.74, 6) is 3.16. The minimum atomic E-state index is -0.100. The van der Waals surface area contributed by atoms with E-state index in [0.717, 1.165) is 84.6 Å². The molecular weight excluding hydrogens is 679 g/mol. The van der Waals surface area contributed by atoms with Crippen molar-refractivity contribution in [2.45, 2.75) is 0 Å². The number of hydrogen-bond donors (Lipinski definition) is 0. The van der Waals surface area contributed by atoms with E-state index in [2.05, 4.69) is 79.6 Å². The van der Waals surface area contributed by atoms with E-state index in [1.54, 1.807) is 12.4 Å². The van der Waals surface area contributed by atoms with Crippen molar-refractivity contribution in [1.29, 1.82) is 0 Å². The largest absolute Gasteiger partial charge is 0.296 e. The molecule has 12 rings (SSSR count). The summed E-state index contributed by atoms with van der Waals surface area (Å²) in [4.78, 5) is 34.0. The molecule has 3 aromatic carbocycles. The van der Waals surface area contributed by atoms with Crippen LogP contribution in [0.1, 0.15) is 0 Å². The van der Waals surface area contributed by atoms with E-state index in [1.165, 1.54) is 10.9 Å². The molecule has 0 N–H and O–H groups in total. The van der Waals surface area contributed by atoms with Gasteiger partial charge in [0.25, 0.3) is 6.71 Å². The second kappa shape index (κ2) is 11.4. The molecular formula is C44H27BN10. The smallest absolute Gasteiger partial charge is 0.254 e. The molecule has 0 radical (unpaired) electrons. The Bertz CT molecular complexity index is 3070. The Labute approximate surface area is 314 Å². The van der Waals surface area contributed by atoms with Gasteiger partial charge in [0.15, 0.2) is 5.65 Å². The molecule has 0 unspecified atom stereocenters. The zero-order valence-corrected chi connectivity index (χ0v) is 29.1. The summed E-state index contributed by atoms with van der Waals surface area (Å²) in [7, 11) is 0. The van der Waals surface area contributed by atoms with Gasteiger partial charge in [-0.3, -0.25) is 23.9 Å². The van der Waals surface area contributed by atoms with Gasteiger partial charge in [0.2, 0.25) is 0 Å². The zero-order chi connectivity index (χ0) is 36.0. The monoisotopic (exact) mass is 706 g/mol. The molecule has 0 bridgehead atoms. The average Bonchev–Trinajstić information content (AvgIpc) is 3.77. The van der Waals surface area contributed by atoms with E-state index < -0.39 is 0 Å². The molecule has 0 atom stereocenters. The van der Waals surface area contributed by atoms with Gasteiger partial charge in [0.05, 0.1) is 16.6 Å². The Hall–Kier alpha value is -7.66. The summed E-state index contributed by atoms with van der Waals surface area (Å²) < 4.78 is 4.57. The van der Waals surface area contributed by atoms with Crippen molar-refractivity contribution >= 4 is 90.7 Å². The summed E-state index contributed by atoms with van der Waals surface area (Å²) in [5, 5.41) is 2.13. The van der Waals surface area contributed by atoms with Crippen LogP contribution in [0.4, 0.5) is 34.5 Å². The van der Waals surface area contributed by atoms with Crippen LogP contribution in [-0.2, 0) is 0 Å². The minimum absolute atomic E-state index is 0.100. The first-order valence-electron chi connectivity index (χ1n) is 18.2. The molecule has 0 spiro atoms. The summed E-state index contributed by atoms with van der Waals surface area (Å²) in [6, 6.07) is 43.9. The second-order valence-corrected chi connectivity index (χ2v) is 13.7. The van der Waals surface area contributed by atoms with Crippen LogP contribution in [0.25, 0.3) is 44.6 Å². The van der Waals surface area contributed by atoms with Crippen molar-refractivity contribution in [2.24, 2.45) is 0 Å². The van der Waals surface area contributed by atoms with Crippen LogP contribution < -0.4 is 26.2 Å². The van der Waals surface area contributed by atoms with Gasteiger partial charge in [-0.2, -0.15) is 0 Å². The molecule has 0 aliphatic carbocycles. The summed E-state index contributed by atoms with van der Waals surface area (Å²) in [6.07, 6.45) is 10.9. The van der Waals surface area contributed by atoms with Gasteiger partial charge in [-0.25, -0.2) is 24.9 Å². The quantitative estimate of drug-likeness (QED) is 0.174. The number of hydrogen-bond acceptors (Lipinski definition) is 8. The van der Waals surface area contributed by atoms with Crippen LogP contribution in [0.3, 0.4) is 0 Å². The standard InChI is InChI=1S/C44H27BN10/c1-2-12-28(13-3-1)52-33-26-29(53(35-17-4-7-20-46-35)36-18-5-8-21-47-36)27-34-39(33)45(32-16-11-23-50-42(32)52)31-15-10-14-30-38-40-43(51-25-24-49-40)55(37-19-6-9-22-48-37)44(38)54(34)41(30)31/h1-27H. The number of rotatable bonds is 5. The normalized spacial score (nSPS) is 12.7. The molecule has 9 heterocycles. The van der Waals surface area contributed by atoms with Crippen molar-refractivity contribution < 1.29 is 0 Å². The van der Waals surface area contributed by atoms with Crippen LogP contribution in [0.2, 0.25) is 0 Å². The molecule has 0 saturated carbocycles. The Morgan fingerprint density at radius 2 is 1.24 bits per heavy atom. The predicted octanol–water partition coefficient (Wildman–Crippen LogP) is 7.18. The van der Waals surface area contributed by atoms with E-state index in [9.17, 15) is 0 Å². The lowest BCUT2D eigenvalue weighted by molar-refractivity contribution is 1.00. The highest BCUT2D eigenvalue weighted by Crippen LogP contribution is 2.46. The Kier molecular flexibility index (Phi) is 6.20. The molecule has 256 valence electrons.